The van der Waals surface area contributed by atoms with Crippen molar-refractivity contribution in [3.63, 3.8) is 0 Å². The summed E-state index contributed by atoms with van der Waals surface area (Å²) in [5, 5.41) is 14.8. The Hall–Kier alpha value is -2.38. The van der Waals surface area contributed by atoms with Gasteiger partial charge in [-0.1, -0.05) is 23.9 Å². The summed E-state index contributed by atoms with van der Waals surface area (Å²) >= 11 is 1.45. The van der Waals surface area contributed by atoms with Crippen molar-refractivity contribution in [2.45, 2.75) is 22.8 Å². The lowest BCUT2D eigenvalue weighted by molar-refractivity contribution is -0.387. The summed E-state index contributed by atoms with van der Waals surface area (Å²) in [4.78, 5) is 19.9. The number of nitrogens with one attached hydrogen (secondary N) is 2. The Balaban J connectivity index is 1.81. The number of fused-ring (bicyclic) bond motifs is 2. The minimum absolute atomic E-state index is 0.110. The maximum Gasteiger partial charge on any atom is 0.285 e. The van der Waals surface area contributed by atoms with E-state index in [0.29, 0.717) is 10.4 Å². The van der Waals surface area contributed by atoms with Gasteiger partial charge in [0.2, 0.25) is 0 Å². The second-order valence-electron chi connectivity index (χ2n) is 5.42. The largest absolute Gasteiger partial charge is 0.344 e. The van der Waals surface area contributed by atoms with E-state index in [4.69, 9.17) is 0 Å². The van der Waals surface area contributed by atoms with Crippen LogP contribution in [0.4, 0.5) is 5.69 Å². The summed E-state index contributed by atoms with van der Waals surface area (Å²) in [6.07, 6.45) is 2.50. The third-order valence-corrected chi connectivity index (χ3v) is 5.16. The van der Waals surface area contributed by atoms with Gasteiger partial charge in [-0.05, 0) is 36.2 Å². The van der Waals surface area contributed by atoms with E-state index >= 15 is 0 Å². The van der Waals surface area contributed by atoms with Gasteiger partial charge in [0.05, 0.1) is 27.2 Å². The number of imidazole rings is 1. The van der Waals surface area contributed by atoms with Crippen molar-refractivity contribution in [1.82, 2.24) is 15.3 Å². The van der Waals surface area contributed by atoms with E-state index in [0.717, 1.165) is 29.9 Å². The van der Waals surface area contributed by atoms with E-state index < -0.39 is 0 Å². The first-order chi connectivity index (χ1) is 11.2. The molecule has 0 amide bonds. The van der Waals surface area contributed by atoms with Gasteiger partial charge in [0, 0.05) is 17.5 Å². The van der Waals surface area contributed by atoms with Crippen LogP contribution in [0.1, 0.15) is 11.1 Å². The lowest BCUT2D eigenvalue weighted by atomic mass is 10.0. The number of nitro groups is 1. The number of H-pyrrole nitrogens is 1. The third-order valence-electron chi connectivity index (χ3n) is 4.01. The fourth-order valence-electron chi connectivity index (χ4n) is 2.89. The van der Waals surface area contributed by atoms with Crippen LogP contribution >= 0.6 is 11.8 Å². The summed E-state index contributed by atoms with van der Waals surface area (Å²) in [6, 6.07) is 9.49. The molecule has 1 aromatic heterocycles. The molecule has 0 aliphatic carbocycles. The summed E-state index contributed by atoms with van der Waals surface area (Å²) in [6.45, 7) is 1.79. The van der Waals surface area contributed by atoms with Crippen LogP contribution in [0, 0.1) is 10.1 Å². The molecule has 116 valence electrons. The van der Waals surface area contributed by atoms with Gasteiger partial charge in [-0.15, -0.1) is 0 Å². The van der Waals surface area contributed by atoms with Crippen LogP contribution < -0.4 is 5.32 Å². The van der Waals surface area contributed by atoms with Crippen molar-refractivity contribution in [1.29, 1.82) is 0 Å². The quantitative estimate of drug-likeness (QED) is 0.570. The second kappa shape index (κ2) is 5.68. The molecular weight excluding hydrogens is 312 g/mol. The van der Waals surface area contributed by atoms with Crippen LogP contribution in [0.3, 0.4) is 0 Å². The third kappa shape index (κ3) is 2.58. The zero-order valence-electron chi connectivity index (χ0n) is 12.2. The van der Waals surface area contributed by atoms with Gasteiger partial charge in [0.15, 0.2) is 0 Å². The number of hydrogen-bond donors (Lipinski definition) is 2. The Bertz CT molecular complexity index is 906. The van der Waals surface area contributed by atoms with Gasteiger partial charge < -0.3 is 10.3 Å². The highest BCUT2D eigenvalue weighted by Crippen LogP contribution is 2.39. The zero-order valence-corrected chi connectivity index (χ0v) is 13.0. The van der Waals surface area contributed by atoms with Crippen LogP contribution in [-0.4, -0.2) is 21.4 Å². The molecule has 6 nitrogen and oxygen atoms in total. The number of rotatable bonds is 3. The predicted octanol–water partition coefficient (Wildman–Crippen LogP) is 3.27. The summed E-state index contributed by atoms with van der Waals surface area (Å²) in [7, 11) is 0. The Morgan fingerprint density at radius 1 is 1.26 bits per heavy atom. The average molecular weight is 326 g/mol. The number of hydrogen-bond acceptors (Lipinski definition) is 5. The topological polar surface area (TPSA) is 83.8 Å². The van der Waals surface area contributed by atoms with Crippen molar-refractivity contribution < 1.29 is 4.92 Å². The highest BCUT2D eigenvalue weighted by Gasteiger charge is 2.20. The number of aromatic nitrogens is 2. The molecule has 0 unspecified atom stereocenters. The first-order valence-corrected chi connectivity index (χ1v) is 8.15. The zero-order chi connectivity index (χ0) is 15.8. The lowest BCUT2D eigenvalue weighted by Crippen LogP contribution is -2.23. The molecular formula is C16H14N4O2S. The Labute approximate surface area is 136 Å². The minimum atomic E-state index is -0.334. The molecule has 0 saturated heterocycles. The molecule has 0 saturated carbocycles. The highest BCUT2D eigenvalue weighted by atomic mass is 32.2. The van der Waals surface area contributed by atoms with E-state index in [2.05, 4.69) is 21.4 Å². The molecule has 2 heterocycles. The van der Waals surface area contributed by atoms with Crippen LogP contribution in [0.25, 0.3) is 11.0 Å². The molecule has 1 aliphatic heterocycles. The molecule has 2 aromatic carbocycles. The van der Waals surface area contributed by atoms with Crippen LogP contribution in [0.2, 0.25) is 0 Å². The smallest absolute Gasteiger partial charge is 0.285 e. The Kier molecular flexibility index (Phi) is 3.51. The van der Waals surface area contributed by atoms with Gasteiger partial charge in [0.1, 0.15) is 0 Å². The van der Waals surface area contributed by atoms with E-state index in [1.807, 2.05) is 12.1 Å². The SMILES string of the molecule is O=[N+]([O-])c1cc2[nH]cnc2cc1Sc1cccc2c1CCNC2. The molecule has 7 heteroatoms. The molecule has 0 fully saturated rings. The van der Waals surface area contributed by atoms with Gasteiger partial charge in [-0.3, -0.25) is 10.1 Å². The highest BCUT2D eigenvalue weighted by molar-refractivity contribution is 7.99. The number of benzene rings is 2. The van der Waals surface area contributed by atoms with E-state index in [1.54, 1.807) is 18.5 Å². The molecule has 0 bridgehead atoms. The normalized spacial score (nSPS) is 13.9. The molecule has 1 aliphatic rings. The number of nitro benzene ring substituents is 1. The standard InChI is InChI=1S/C16H14N4O2S/c21-20(22)14-6-12-13(19-9-18-12)7-16(14)23-15-3-1-2-10-8-17-5-4-11(10)15/h1-3,6-7,9,17H,4-5,8H2,(H,18,19). The van der Waals surface area contributed by atoms with Crippen LogP contribution in [-0.2, 0) is 13.0 Å². The maximum atomic E-state index is 11.4. The van der Waals surface area contributed by atoms with Crippen molar-refractivity contribution in [3.05, 3.63) is 57.9 Å². The van der Waals surface area contributed by atoms with Gasteiger partial charge in [-0.2, -0.15) is 0 Å². The maximum absolute atomic E-state index is 11.4. The number of nitrogens with zero attached hydrogens (tertiary/aromatic N) is 2. The fraction of sp³-hybridized carbons (Fsp3) is 0.188. The van der Waals surface area contributed by atoms with Gasteiger partial charge in [0.25, 0.3) is 5.69 Å². The predicted molar refractivity (Wildman–Crippen MR) is 88.7 cm³/mol. The molecule has 0 radical (unpaired) electrons. The molecule has 0 spiro atoms. The first kappa shape index (κ1) is 14.2. The molecule has 23 heavy (non-hydrogen) atoms. The Morgan fingerprint density at radius 3 is 3.04 bits per heavy atom. The van der Waals surface area contributed by atoms with E-state index in [-0.39, 0.29) is 10.6 Å². The minimum Gasteiger partial charge on any atom is -0.344 e. The van der Waals surface area contributed by atoms with Crippen molar-refractivity contribution >= 4 is 28.5 Å². The van der Waals surface area contributed by atoms with Gasteiger partial charge >= 0.3 is 0 Å². The molecule has 3 aromatic rings. The second-order valence-corrected chi connectivity index (χ2v) is 6.50. The summed E-state index contributed by atoms with van der Waals surface area (Å²) < 4.78 is 0. The molecule has 4 rings (SSSR count). The Morgan fingerprint density at radius 2 is 2.17 bits per heavy atom. The van der Waals surface area contributed by atoms with E-state index in [9.17, 15) is 10.1 Å². The van der Waals surface area contributed by atoms with Crippen molar-refractivity contribution in [2.75, 3.05) is 6.54 Å². The van der Waals surface area contributed by atoms with Crippen molar-refractivity contribution in [3.8, 4) is 0 Å². The average Bonchev–Trinajstić information content (AvgIpc) is 3.01. The summed E-state index contributed by atoms with van der Waals surface area (Å²) in [5.74, 6) is 0. The van der Waals surface area contributed by atoms with Gasteiger partial charge in [-0.25, -0.2) is 4.98 Å². The monoisotopic (exact) mass is 326 g/mol. The summed E-state index contributed by atoms with van der Waals surface area (Å²) in [5.41, 5.74) is 4.08. The first-order valence-electron chi connectivity index (χ1n) is 7.33. The van der Waals surface area contributed by atoms with E-state index in [1.165, 1.54) is 22.9 Å². The molecule has 0 atom stereocenters. The fourth-order valence-corrected chi connectivity index (χ4v) is 4.04. The lowest BCUT2D eigenvalue weighted by Gasteiger charge is -2.19. The number of aromatic amines is 1. The molecule has 2 N–H and O–H groups in total. The van der Waals surface area contributed by atoms with Crippen molar-refractivity contribution in [2.24, 2.45) is 0 Å². The van der Waals surface area contributed by atoms with Crippen LogP contribution in [0.15, 0.2) is 46.5 Å². The van der Waals surface area contributed by atoms with Crippen LogP contribution in [0.5, 0.6) is 0 Å².